The number of carbonyl (C=O) groups excluding carboxylic acids is 1. The molecular formula is C37H30N6O. The Morgan fingerprint density at radius 3 is 1.50 bits per heavy atom. The second kappa shape index (κ2) is 11.9. The van der Waals surface area contributed by atoms with Crippen LogP contribution in [0, 0.1) is 5.92 Å². The molecule has 1 aliphatic rings. The Bertz CT molecular complexity index is 1830. The number of aromatic nitrogens is 6. The number of para-hydroxylation sites is 2. The van der Waals surface area contributed by atoms with Crippen molar-refractivity contribution in [2.45, 2.75) is 19.8 Å². The van der Waals surface area contributed by atoms with Gasteiger partial charge in [0, 0.05) is 70.6 Å². The third kappa shape index (κ3) is 5.55. The molecule has 0 aliphatic heterocycles. The summed E-state index contributed by atoms with van der Waals surface area (Å²) in [6.07, 6.45) is 16.5. The average Bonchev–Trinajstić information content (AvgIpc) is 3.70. The van der Waals surface area contributed by atoms with Gasteiger partial charge in [-0.25, -0.2) is 9.36 Å². The SMILES string of the molecule is CC1CC(=Cc2cn(-c3ccccc3)nc2-c2cccnc2)C(=O)C(=Cc2cn(-c3ccccc3)nc2-c2cccnc2)C1. The lowest BCUT2D eigenvalue weighted by Gasteiger charge is -2.22. The summed E-state index contributed by atoms with van der Waals surface area (Å²) in [5.41, 5.74) is 8.57. The molecule has 1 saturated carbocycles. The van der Waals surface area contributed by atoms with Crippen molar-refractivity contribution < 1.29 is 4.79 Å². The Kier molecular flexibility index (Phi) is 7.34. The van der Waals surface area contributed by atoms with Crippen LogP contribution < -0.4 is 0 Å². The molecule has 0 N–H and O–H groups in total. The van der Waals surface area contributed by atoms with Crippen LogP contribution in [0.5, 0.6) is 0 Å². The van der Waals surface area contributed by atoms with E-state index in [0.717, 1.165) is 56.2 Å². The van der Waals surface area contributed by atoms with Gasteiger partial charge in [0.25, 0.3) is 0 Å². The molecule has 0 radical (unpaired) electrons. The van der Waals surface area contributed by atoms with Crippen LogP contribution in [-0.4, -0.2) is 35.3 Å². The van der Waals surface area contributed by atoms with Crippen molar-refractivity contribution in [2.75, 3.05) is 0 Å². The molecule has 7 heteroatoms. The van der Waals surface area contributed by atoms with Gasteiger partial charge in [0.1, 0.15) is 11.4 Å². The molecule has 44 heavy (non-hydrogen) atoms. The van der Waals surface area contributed by atoms with Gasteiger partial charge in [0.05, 0.1) is 11.4 Å². The van der Waals surface area contributed by atoms with Crippen molar-refractivity contribution >= 4 is 17.9 Å². The smallest absolute Gasteiger partial charge is 0.185 e. The van der Waals surface area contributed by atoms with Gasteiger partial charge >= 0.3 is 0 Å². The monoisotopic (exact) mass is 574 g/mol. The molecule has 4 aromatic heterocycles. The van der Waals surface area contributed by atoms with Crippen molar-refractivity contribution in [1.29, 1.82) is 0 Å². The van der Waals surface area contributed by atoms with Gasteiger partial charge in [0.15, 0.2) is 5.78 Å². The minimum atomic E-state index is 0.0531. The van der Waals surface area contributed by atoms with Crippen LogP contribution >= 0.6 is 0 Å². The number of allylic oxidation sites excluding steroid dienone is 2. The third-order valence-electron chi connectivity index (χ3n) is 7.78. The van der Waals surface area contributed by atoms with Gasteiger partial charge in [-0.1, -0.05) is 43.3 Å². The van der Waals surface area contributed by atoms with E-state index < -0.39 is 0 Å². The Hall–Kier alpha value is -5.69. The first-order valence-corrected chi connectivity index (χ1v) is 14.7. The summed E-state index contributed by atoms with van der Waals surface area (Å²) in [7, 11) is 0. The first-order valence-electron chi connectivity index (χ1n) is 14.7. The number of hydrogen-bond donors (Lipinski definition) is 0. The topological polar surface area (TPSA) is 78.5 Å². The van der Waals surface area contributed by atoms with Crippen molar-refractivity contribution in [3.05, 3.63) is 144 Å². The molecule has 0 saturated heterocycles. The van der Waals surface area contributed by atoms with Gasteiger partial charge < -0.3 is 0 Å². The van der Waals surface area contributed by atoms with Gasteiger partial charge in [-0.3, -0.25) is 14.8 Å². The zero-order chi connectivity index (χ0) is 29.9. The number of ketones is 1. The number of rotatable bonds is 6. The number of nitrogens with zero attached hydrogens (tertiary/aromatic N) is 6. The first-order chi connectivity index (χ1) is 21.6. The maximum absolute atomic E-state index is 14.1. The zero-order valence-electron chi connectivity index (χ0n) is 24.3. The fourth-order valence-corrected chi connectivity index (χ4v) is 5.71. The molecule has 4 heterocycles. The van der Waals surface area contributed by atoms with E-state index in [1.807, 2.05) is 119 Å². The molecule has 7 rings (SSSR count). The molecule has 7 nitrogen and oxygen atoms in total. The van der Waals surface area contributed by atoms with E-state index in [4.69, 9.17) is 10.2 Å². The molecule has 0 bridgehead atoms. The van der Waals surface area contributed by atoms with Crippen molar-refractivity contribution in [3.8, 4) is 33.9 Å². The quantitative estimate of drug-likeness (QED) is 0.191. The van der Waals surface area contributed by atoms with Crippen LogP contribution in [0.1, 0.15) is 30.9 Å². The maximum Gasteiger partial charge on any atom is 0.185 e. The van der Waals surface area contributed by atoms with Crippen molar-refractivity contribution in [3.63, 3.8) is 0 Å². The Morgan fingerprint density at radius 2 is 1.09 bits per heavy atom. The molecule has 0 spiro atoms. The van der Waals surface area contributed by atoms with E-state index in [0.29, 0.717) is 18.8 Å². The summed E-state index contributed by atoms with van der Waals surface area (Å²) >= 11 is 0. The Balaban J connectivity index is 1.30. The number of hydrogen-bond acceptors (Lipinski definition) is 5. The van der Waals surface area contributed by atoms with Crippen LogP contribution in [-0.2, 0) is 4.79 Å². The minimum Gasteiger partial charge on any atom is -0.289 e. The number of carbonyl (C=O) groups is 1. The number of pyridine rings is 2. The van der Waals surface area contributed by atoms with Gasteiger partial charge in [-0.15, -0.1) is 0 Å². The lowest BCUT2D eigenvalue weighted by molar-refractivity contribution is -0.113. The van der Waals surface area contributed by atoms with E-state index in [9.17, 15) is 4.79 Å². The van der Waals surface area contributed by atoms with Crippen LogP contribution in [0.25, 0.3) is 46.0 Å². The van der Waals surface area contributed by atoms with Crippen LogP contribution in [0.2, 0.25) is 0 Å². The molecular weight excluding hydrogens is 544 g/mol. The summed E-state index contributed by atoms with van der Waals surface area (Å²) < 4.78 is 3.72. The average molecular weight is 575 g/mol. The molecule has 6 aromatic rings. The van der Waals surface area contributed by atoms with Gasteiger partial charge in [-0.2, -0.15) is 10.2 Å². The predicted molar refractivity (Wildman–Crippen MR) is 173 cm³/mol. The Labute approximate surface area is 255 Å². The molecule has 0 atom stereocenters. The summed E-state index contributed by atoms with van der Waals surface area (Å²) in [6.45, 7) is 2.19. The zero-order valence-corrected chi connectivity index (χ0v) is 24.3. The summed E-state index contributed by atoms with van der Waals surface area (Å²) in [5.74, 6) is 0.347. The van der Waals surface area contributed by atoms with Gasteiger partial charge in [-0.05, 0) is 79.4 Å². The largest absolute Gasteiger partial charge is 0.289 e. The highest BCUT2D eigenvalue weighted by atomic mass is 16.1. The van der Waals surface area contributed by atoms with Crippen LogP contribution in [0.4, 0.5) is 0 Å². The lowest BCUT2D eigenvalue weighted by Crippen LogP contribution is -2.18. The Morgan fingerprint density at radius 1 is 0.636 bits per heavy atom. The first kappa shape index (κ1) is 27.2. The lowest BCUT2D eigenvalue weighted by atomic mass is 9.80. The van der Waals surface area contributed by atoms with E-state index in [2.05, 4.69) is 16.9 Å². The molecule has 1 fully saturated rings. The predicted octanol–water partition coefficient (Wildman–Crippen LogP) is 7.65. The molecule has 2 aromatic carbocycles. The fourth-order valence-electron chi connectivity index (χ4n) is 5.71. The standard InChI is InChI=1S/C37H30N6O/c1-26-18-29(20-31-24-42(33-12-4-2-5-13-33)40-35(31)27-10-8-16-38-22-27)37(44)30(19-26)21-32-25-43(34-14-6-3-7-15-34)41-36(32)28-11-9-17-39-23-28/h2-17,20-26H,18-19H2,1H3. The molecule has 214 valence electrons. The van der Waals surface area contributed by atoms with Crippen molar-refractivity contribution in [2.24, 2.45) is 5.92 Å². The molecule has 0 amide bonds. The summed E-state index contributed by atoms with van der Waals surface area (Å²) in [5, 5.41) is 9.83. The van der Waals surface area contributed by atoms with E-state index in [1.165, 1.54) is 0 Å². The highest BCUT2D eigenvalue weighted by molar-refractivity contribution is 6.14. The number of Topliss-reactive ketones (excluding diaryl/α,β-unsaturated/α-hetero) is 1. The summed E-state index contributed by atoms with van der Waals surface area (Å²) in [6, 6.07) is 27.8. The second-order valence-corrected chi connectivity index (χ2v) is 11.1. The normalized spacial score (nSPS) is 16.9. The number of benzene rings is 2. The van der Waals surface area contributed by atoms with E-state index in [1.54, 1.807) is 24.8 Å². The third-order valence-corrected chi connectivity index (χ3v) is 7.78. The van der Waals surface area contributed by atoms with E-state index >= 15 is 0 Å². The highest BCUT2D eigenvalue weighted by Crippen LogP contribution is 2.35. The molecule has 1 aliphatic carbocycles. The van der Waals surface area contributed by atoms with Gasteiger partial charge in [0.2, 0.25) is 0 Å². The molecule has 0 unspecified atom stereocenters. The minimum absolute atomic E-state index is 0.0531. The van der Waals surface area contributed by atoms with E-state index in [-0.39, 0.29) is 5.78 Å². The second-order valence-electron chi connectivity index (χ2n) is 11.1. The van der Waals surface area contributed by atoms with Crippen molar-refractivity contribution in [1.82, 2.24) is 29.5 Å². The van der Waals surface area contributed by atoms with Crippen LogP contribution in [0.3, 0.4) is 0 Å². The van der Waals surface area contributed by atoms with Crippen LogP contribution in [0.15, 0.2) is 133 Å². The summed E-state index contributed by atoms with van der Waals surface area (Å²) in [4.78, 5) is 22.7. The fraction of sp³-hybridized carbons (Fsp3) is 0.108. The highest BCUT2D eigenvalue weighted by Gasteiger charge is 2.27. The maximum atomic E-state index is 14.1.